The second kappa shape index (κ2) is 4.24. The van der Waals surface area contributed by atoms with Crippen molar-refractivity contribution in [3.8, 4) is 0 Å². The Morgan fingerprint density at radius 2 is 2.29 bits per heavy atom. The number of nitro groups is 1. The molecule has 0 aliphatic rings. The fraction of sp³-hybridized carbons (Fsp3) is 0.100. The Morgan fingerprint density at radius 1 is 1.64 bits per heavy atom. The van der Waals surface area contributed by atoms with E-state index in [9.17, 15) is 10.1 Å². The molecule has 1 aromatic carbocycles. The number of hydrogen-bond donors (Lipinski definition) is 0. The third-order valence-corrected chi connectivity index (χ3v) is 2.22. The Morgan fingerprint density at radius 3 is 2.79 bits per heavy atom. The van der Waals surface area contributed by atoms with Gasteiger partial charge in [-0.2, -0.15) is 0 Å². The van der Waals surface area contributed by atoms with Gasteiger partial charge in [-0.1, -0.05) is 24.6 Å². The smallest absolute Gasteiger partial charge is 0.258 e. The second-order valence-electron chi connectivity index (χ2n) is 2.81. The molecule has 4 heteroatoms. The van der Waals surface area contributed by atoms with Crippen molar-refractivity contribution in [2.45, 2.75) is 6.92 Å². The average molecular weight is 211 g/mol. The van der Waals surface area contributed by atoms with Crippen LogP contribution in [0.3, 0.4) is 0 Å². The largest absolute Gasteiger partial charge is 0.269 e. The molecule has 1 radical (unpaired) electrons. The van der Waals surface area contributed by atoms with Gasteiger partial charge in [-0.3, -0.25) is 10.1 Å². The lowest BCUT2D eigenvalue weighted by atomic mass is 10.0. The molecule has 0 N–H and O–H groups in total. The van der Waals surface area contributed by atoms with Crippen molar-refractivity contribution in [3.63, 3.8) is 0 Å². The maximum absolute atomic E-state index is 10.5. The van der Waals surface area contributed by atoms with E-state index in [0.29, 0.717) is 10.6 Å². The van der Waals surface area contributed by atoms with E-state index in [-0.39, 0.29) is 5.69 Å². The molecule has 0 amide bonds. The van der Waals surface area contributed by atoms with Crippen molar-refractivity contribution in [1.82, 2.24) is 0 Å². The van der Waals surface area contributed by atoms with Gasteiger partial charge in [-0.25, -0.2) is 0 Å². The van der Waals surface area contributed by atoms with Crippen molar-refractivity contribution in [2.24, 2.45) is 0 Å². The number of rotatable bonds is 3. The first-order valence-corrected chi connectivity index (χ1v) is 4.34. The lowest BCUT2D eigenvalue weighted by Gasteiger charge is -2.07. The first-order chi connectivity index (χ1) is 6.56. The molecule has 0 fully saturated rings. The van der Waals surface area contributed by atoms with Crippen molar-refractivity contribution < 1.29 is 4.92 Å². The summed E-state index contributed by atoms with van der Waals surface area (Å²) in [6.07, 6.45) is 1.62. The van der Waals surface area contributed by atoms with E-state index in [1.165, 1.54) is 18.2 Å². The molecule has 0 atom stereocenters. The molecule has 3 nitrogen and oxygen atoms in total. The maximum Gasteiger partial charge on any atom is 0.269 e. The van der Waals surface area contributed by atoms with Gasteiger partial charge in [0.1, 0.15) is 0 Å². The molecular weight excluding hydrogens is 202 g/mol. The number of benzene rings is 1. The van der Waals surface area contributed by atoms with Gasteiger partial charge in [-0.05, 0) is 11.6 Å². The highest BCUT2D eigenvalue weighted by Crippen LogP contribution is 2.28. The van der Waals surface area contributed by atoms with E-state index in [1.54, 1.807) is 13.0 Å². The summed E-state index contributed by atoms with van der Waals surface area (Å²) >= 11 is 5.88. The molecular formula is C10H9ClNO2. The zero-order valence-corrected chi connectivity index (χ0v) is 8.41. The third kappa shape index (κ3) is 2.12. The lowest BCUT2D eigenvalue weighted by Crippen LogP contribution is -1.94. The topological polar surface area (TPSA) is 43.1 Å². The molecule has 1 aromatic rings. The molecule has 0 unspecified atom stereocenters. The van der Waals surface area contributed by atoms with E-state index in [1.807, 2.05) is 0 Å². The fourth-order valence-electron chi connectivity index (χ4n) is 1.04. The van der Waals surface area contributed by atoms with Gasteiger partial charge in [0.05, 0.1) is 4.92 Å². The minimum absolute atomic E-state index is 0.0330. The first kappa shape index (κ1) is 10.7. The molecule has 0 heterocycles. The van der Waals surface area contributed by atoms with Gasteiger partial charge in [0.25, 0.3) is 5.69 Å². The van der Waals surface area contributed by atoms with E-state index in [2.05, 4.69) is 6.58 Å². The summed E-state index contributed by atoms with van der Waals surface area (Å²) in [5.41, 5.74) is 0.682. The second-order valence-corrected chi connectivity index (χ2v) is 3.22. The molecule has 0 bridgehead atoms. The lowest BCUT2D eigenvalue weighted by molar-refractivity contribution is -0.384. The molecule has 0 aromatic heterocycles. The van der Waals surface area contributed by atoms with Crippen LogP contribution in [0.5, 0.6) is 0 Å². The summed E-state index contributed by atoms with van der Waals surface area (Å²) in [6, 6.07) is 4.34. The van der Waals surface area contributed by atoms with Crippen molar-refractivity contribution >= 4 is 17.3 Å². The van der Waals surface area contributed by atoms with Crippen LogP contribution in [0.1, 0.15) is 12.5 Å². The first-order valence-electron chi connectivity index (χ1n) is 3.96. The highest BCUT2D eigenvalue weighted by atomic mass is 35.5. The van der Waals surface area contributed by atoms with Gasteiger partial charge >= 0.3 is 0 Å². The summed E-state index contributed by atoms with van der Waals surface area (Å²) in [5, 5.41) is 11.0. The van der Waals surface area contributed by atoms with Crippen LogP contribution >= 0.6 is 11.6 Å². The van der Waals surface area contributed by atoms with Gasteiger partial charge in [0, 0.05) is 23.1 Å². The normalized spacial score (nSPS) is 10.2. The Balaban J connectivity index is 3.20. The number of allylic oxidation sites excluding steroid dienone is 1. The Kier molecular flexibility index (Phi) is 3.25. The van der Waals surface area contributed by atoms with E-state index in [4.69, 9.17) is 11.6 Å². The summed E-state index contributed by atoms with van der Waals surface area (Å²) < 4.78 is 0. The fourth-order valence-corrected chi connectivity index (χ4v) is 1.31. The Labute approximate surface area is 87.2 Å². The molecule has 0 saturated heterocycles. The van der Waals surface area contributed by atoms with Crippen LogP contribution in [-0.2, 0) is 0 Å². The average Bonchev–Trinajstić information content (AvgIpc) is 2.17. The van der Waals surface area contributed by atoms with E-state index >= 15 is 0 Å². The van der Waals surface area contributed by atoms with Crippen molar-refractivity contribution in [3.05, 3.63) is 57.5 Å². The molecule has 73 valence electrons. The molecule has 0 spiro atoms. The van der Waals surface area contributed by atoms with E-state index < -0.39 is 4.92 Å². The standard InChI is InChI=1S/C10H9ClNO2/c1-3-7(2)9-6-8(12(13)14)4-5-10(9)11/h3-6H,1H2,2H3. The molecule has 0 aliphatic carbocycles. The van der Waals surface area contributed by atoms with Gasteiger partial charge in [0.15, 0.2) is 0 Å². The van der Waals surface area contributed by atoms with Crippen LogP contribution in [0.25, 0.3) is 0 Å². The predicted molar refractivity (Wildman–Crippen MR) is 56.3 cm³/mol. The molecule has 0 saturated carbocycles. The zero-order chi connectivity index (χ0) is 10.7. The summed E-state index contributed by atoms with van der Waals surface area (Å²) in [7, 11) is 0. The Hall–Kier alpha value is -1.35. The minimum Gasteiger partial charge on any atom is -0.258 e. The van der Waals surface area contributed by atoms with Crippen LogP contribution in [0.4, 0.5) is 5.69 Å². The predicted octanol–water partition coefficient (Wildman–Crippen LogP) is 3.38. The number of halogens is 1. The summed E-state index contributed by atoms with van der Waals surface area (Å²) in [4.78, 5) is 10.1. The van der Waals surface area contributed by atoms with Crippen LogP contribution < -0.4 is 0 Å². The highest BCUT2D eigenvalue weighted by molar-refractivity contribution is 6.31. The van der Waals surface area contributed by atoms with Crippen LogP contribution in [0, 0.1) is 16.0 Å². The summed E-state index contributed by atoms with van der Waals surface area (Å²) in [6.45, 7) is 5.39. The van der Waals surface area contributed by atoms with Crippen LogP contribution in [0.15, 0.2) is 30.9 Å². The molecule has 14 heavy (non-hydrogen) atoms. The SMILES string of the molecule is C=C[C](C)c1cc([N+](=O)[O-])ccc1Cl. The third-order valence-electron chi connectivity index (χ3n) is 1.89. The zero-order valence-electron chi connectivity index (χ0n) is 7.66. The molecule has 0 aliphatic heterocycles. The van der Waals surface area contributed by atoms with E-state index in [0.717, 1.165) is 5.92 Å². The number of non-ortho nitro benzene ring substituents is 1. The molecule has 1 rings (SSSR count). The Bertz CT molecular complexity index is 376. The van der Waals surface area contributed by atoms with Crippen LogP contribution in [0.2, 0.25) is 5.02 Å². The number of hydrogen-bond acceptors (Lipinski definition) is 2. The van der Waals surface area contributed by atoms with Crippen LogP contribution in [-0.4, -0.2) is 4.92 Å². The van der Waals surface area contributed by atoms with Gasteiger partial charge in [-0.15, -0.1) is 6.58 Å². The minimum atomic E-state index is -0.448. The number of nitrogens with zero attached hydrogens (tertiary/aromatic N) is 1. The highest BCUT2D eigenvalue weighted by Gasteiger charge is 2.12. The van der Waals surface area contributed by atoms with Crippen molar-refractivity contribution in [1.29, 1.82) is 0 Å². The van der Waals surface area contributed by atoms with Gasteiger partial charge < -0.3 is 0 Å². The quantitative estimate of drug-likeness (QED) is 0.567. The maximum atomic E-state index is 10.5. The van der Waals surface area contributed by atoms with Crippen molar-refractivity contribution in [2.75, 3.05) is 0 Å². The monoisotopic (exact) mass is 210 g/mol. The summed E-state index contributed by atoms with van der Waals surface area (Å²) in [5.74, 6) is 0.818. The number of nitro benzene ring substituents is 1. The van der Waals surface area contributed by atoms with Gasteiger partial charge in [0.2, 0.25) is 0 Å².